The number of hydrogen-bond donors (Lipinski definition) is 2. The largest absolute Gasteiger partial charge is 0.310 e. The third-order valence-corrected chi connectivity index (χ3v) is 3.32. The van der Waals surface area contributed by atoms with E-state index < -0.39 is 0 Å². The van der Waals surface area contributed by atoms with Gasteiger partial charge in [-0.15, -0.1) is 0 Å². The third kappa shape index (κ3) is 3.64. The number of hydrogen-bond acceptors (Lipinski definition) is 4. The van der Waals surface area contributed by atoms with E-state index in [1.54, 1.807) is 17.8 Å². The summed E-state index contributed by atoms with van der Waals surface area (Å²) in [6, 6.07) is 2.23. The second-order valence-electron chi connectivity index (χ2n) is 3.98. The molecule has 0 amide bonds. The summed E-state index contributed by atoms with van der Waals surface area (Å²) in [5, 5.41) is 3.36. The summed E-state index contributed by atoms with van der Waals surface area (Å²) in [6.07, 6.45) is 2.50. The molecule has 0 aromatic carbocycles. The van der Waals surface area contributed by atoms with Crippen LogP contribution in [0.25, 0.3) is 0 Å². The fraction of sp³-hybridized carbons (Fsp3) is 0.636. The summed E-state index contributed by atoms with van der Waals surface area (Å²) in [4.78, 5) is 18.6. The third-order valence-electron chi connectivity index (χ3n) is 2.44. The topological polar surface area (TPSA) is 57.8 Å². The molecule has 1 saturated carbocycles. The number of thioether (sulfide) groups is 1. The Labute approximate surface area is 99.3 Å². The Morgan fingerprint density at radius 1 is 1.62 bits per heavy atom. The first-order valence-electron chi connectivity index (χ1n) is 5.68. The highest BCUT2D eigenvalue weighted by molar-refractivity contribution is 7.98. The summed E-state index contributed by atoms with van der Waals surface area (Å²) in [6.45, 7) is 2.81. The molecule has 1 aromatic rings. The van der Waals surface area contributed by atoms with Crippen LogP contribution in [0.4, 0.5) is 0 Å². The zero-order valence-corrected chi connectivity index (χ0v) is 10.3. The molecular weight excluding hydrogens is 222 g/mol. The molecule has 16 heavy (non-hydrogen) atoms. The maximum atomic E-state index is 11.4. The van der Waals surface area contributed by atoms with Crippen molar-refractivity contribution in [3.63, 3.8) is 0 Å². The molecule has 0 bridgehead atoms. The predicted octanol–water partition coefficient (Wildman–Crippen LogP) is 1.27. The van der Waals surface area contributed by atoms with Gasteiger partial charge in [0.1, 0.15) is 5.82 Å². The van der Waals surface area contributed by atoms with E-state index in [1.165, 1.54) is 12.8 Å². The van der Waals surface area contributed by atoms with Gasteiger partial charge >= 0.3 is 0 Å². The molecule has 0 unspecified atom stereocenters. The standard InChI is InChI=1S/C11H17N3OS/c1-2-16-7-10-13-9(5-11(15)14-10)6-12-8-3-4-8/h5,8,12H,2-4,6-7H2,1H3,(H,13,14,15). The summed E-state index contributed by atoms with van der Waals surface area (Å²) in [5.74, 6) is 2.60. The SMILES string of the molecule is CCSCc1nc(CNC2CC2)cc(=O)[nH]1. The van der Waals surface area contributed by atoms with Gasteiger partial charge in [0, 0.05) is 18.7 Å². The van der Waals surface area contributed by atoms with E-state index in [0.717, 1.165) is 23.0 Å². The molecule has 0 spiro atoms. The molecule has 1 fully saturated rings. The Kier molecular flexibility index (Phi) is 4.01. The first-order chi connectivity index (χ1) is 7.78. The van der Waals surface area contributed by atoms with Gasteiger partial charge in [-0.1, -0.05) is 6.92 Å². The van der Waals surface area contributed by atoms with E-state index in [9.17, 15) is 4.79 Å². The van der Waals surface area contributed by atoms with Crippen LogP contribution in [0.3, 0.4) is 0 Å². The zero-order chi connectivity index (χ0) is 11.4. The van der Waals surface area contributed by atoms with Crippen LogP contribution in [-0.4, -0.2) is 21.8 Å². The van der Waals surface area contributed by atoms with Crippen LogP contribution < -0.4 is 10.9 Å². The van der Waals surface area contributed by atoms with Crippen molar-refractivity contribution in [2.45, 2.75) is 38.1 Å². The van der Waals surface area contributed by atoms with Crippen LogP contribution in [0.2, 0.25) is 0 Å². The van der Waals surface area contributed by atoms with Crippen molar-refractivity contribution >= 4 is 11.8 Å². The fourth-order valence-corrected chi connectivity index (χ4v) is 1.99. The van der Waals surface area contributed by atoms with E-state index in [1.807, 2.05) is 0 Å². The summed E-state index contributed by atoms with van der Waals surface area (Å²) in [5.41, 5.74) is 0.802. The normalized spacial score (nSPS) is 15.3. The van der Waals surface area contributed by atoms with Gasteiger partial charge in [-0.05, 0) is 18.6 Å². The Hall–Kier alpha value is -0.810. The molecule has 1 aliphatic carbocycles. The Morgan fingerprint density at radius 2 is 2.44 bits per heavy atom. The van der Waals surface area contributed by atoms with Crippen molar-refractivity contribution in [3.05, 3.63) is 27.9 Å². The van der Waals surface area contributed by atoms with Crippen LogP contribution in [0.15, 0.2) is 10.9 Å². The van der Waals surface area contributed by atoms with Crippen molar-refractivity contribution in [1.82, 2.24) is 15.3 Å². The predicted molar refractivity (Wildman–Crippen MR) is 66.6 cm³/mol. The maximum absolute atomic E-state index is 11.4. The molecule has 0 atom stereocenters. The average molecular weight is 239 g/mol. The number of nitrogens with one attached hydrogen (secondary N) is 2. The summed E-state index contributed by atoms with van der Waals surface area (Å²) in [7, 11) is 0. The smallest absolute Gasteiger partial charge is 0.251 e. The first-order valence-corrected chi connectivity index (χ1v) is 6.83. The van der Waals surface area contributed by atoms with Gasteiger partial charge in [-0.3, -0.25) is 4.79 Å². The van der Waals surface area contributed by atoms with Gasteiger partial charge < -0.3 is 10.3 Å². The second kappa shape index (κ2) is 5.50. The molecule has 1 aromatic heterocycles. The minimum absolute atomic E-state index is 0.0469. The molecule has 2 N–H and O–H groups in total. The molecule has 88 valence electrons. The van der Waals surface area contributed by atoms with Crippen molar-refractivity contribution in [2.75, 3.05) is 5.75 Å². The number of nitrogens with zero attached hydrogens (tertiary/aromatic N) is 1. The molecule has 0 saturated heterocycles. The summed E-state index contributed by atoms with van der Waals surface area (Å²) < 4.78 is 0. The Morgan fingerprint density at radius 3 is 3.12 bits per heavy atom. The van der Waals surface area contributed by atoms with E-state index in [0.29, 0.717) is 12.6 Å². The molecule has 0 radical (unpaired) electrons. The van der Waals surface area contributed by atoms with E-state index in [4.69, 9.17) is 0 Å². The van der Waals surface area contributed by atoms with E-state index in [-0.39, 0.29) is 5.56 Å². The van der Waals surface area contributed by atoms with Gasteiger partial charge in [0.2, 0.25) is 0 Å². The molecular formula is C11H17N3OS. The lowest BCUT2D eigenvalue weighted by Gasteiger charge is -2.04. The minimum Gasteiger partial charge on any atom is -0.310 e. The van der Waals surface area contributed by atoms with Gasteiger partial charge in [-0.25, -0.2) is 4.98 Å². The van der Waals surface area contributed by atoms with Gasteiger partial charge in [-0.2, -0.15) is 11.8 Å². The van der Waals surface area contributed by atoms with Crippen molar-refractivity contribution in [2.24, 2.45) is 0 Å². The van der Waals surface area contributed by atoms with Crippen LogP contribution in [0.5, 0.6) is 0 Å². The van der Waals surface area contributed by atoms with Gasteiger partial charge in [0.05, 0.1) is 11.4 Å². The van der Waals surface area contributed by atoms with Crippen LogP contribution in [0.1, 0.15) is 31.3 Å². The highest BCUT2D eigenvalue weighted by Gasteiger charge is 2.20. The number of H-pyrrole nitrogens is 1. The molecule has 4 nitrogen and oxygen atoms in total. The van der Waals surface area contributed by atoms with Gasteiger partial charge in [0.25, 0.3) is 5.56 Å². The second-order valence-corrected chi connectivity index (χ2v) is 5.25. The van der Waals surface area contributed by atoms with Crippen molar-refractivity contribution < 1.29 is 0 Å². The lowest BCUT2D eigenvalue weighted by Crippen LogP contribution is -2.20. The lowest BCUT2D eigenvalue weighted by atomic mass is 10.4. The van der Waals surface area contributed by atoms with E-state index >= 15 is 0 Å². The number of aromatic nitrogens is 2. The maximum Gasteiger partial charge on any atom is 0.251 e. The van der Waals surface area contributed by atoms with Crippen LogP contribution in [0, 0.1) is 0 Å². The van der Waals surface area contributed by atoms with Crippen molar-refractivity contribution in [3.8, 4) is 0 Å². The lowest BCUT2D eigenvalue weighted by molar-refractivity contribution is 0.668. The highest BCUT2D eigenvalue weighted by Crippen LogP contribution is 2.18. The van der Waals surface area contributed by atoms with Crippen LogP contribution >= 0.6 is 11.8 Å². The average Bonchev–Trinajstić information content (AvgIpc) is 3.07. The van der Waals surface area contributed by atoms with E-state index in [2.05, 4.69) is 22.2 Å². The first kappa shape index (κ1) is 11.7. The highest BCUT2D eigenvalue weighted by atomic mass is 32.2. The van der Waals surface area contributed by atoms with Gasteiger partial charge in [0.15, 0.2) is 0 Å². The Balaban J connectivity index is 1.98. The Bertz CT molecular complexity index is 400. The molecule has 2 rings (SSSR count). The molecule has 0 aliphatic heterocycles. The van der Waals surface area contributed by atoms with Crippen LogP contribution in [-0.2, 0) is 12.3 Å². The minimum atomic E-state index is -0.0469. The summed E-state index contributed by atoms with van der Waals surface area (Å²) >= 11 is 1.76. The monoisotopic (exact) mass is 239 g/mol. The molecule has 5 heteroatoms. The number of aromatic amines is 1. The zero-order valence-electron chi connectivity index (χ0n) is 9.45. The molecule has 1 aliphatic rings. The fourth-order valence-electron chi connectivity index (χ4n) is 1.46. The van der Waals surface area contributed by atoms with Crippen molar-refractivity contribution in [1.29, 1.82) is 0 Å². The number of rotatable bonds is 6. The quantitative estimate of drug-likeness (QED) is 0.785. The molecule has 1 heterocycles.